The van der Waals surface area contributed by atoms with Gasteiger partial charge in [0.1, 0.15) is 6.04 Å². The Bertz CT molecular complexity index is 402. The average molecular weight is 270 g/mol. The van der Waals surface area contributed by atoms with Gasteiger partial charge in [0.2, 0.25) is 0 Å². The zero-order valence-electron chi connectivity index (χ0n) is 10.5. The number of hydrogen-bond acceptors (Lipinski definition) is 4. The third kappa shape index (κ3) is 2.28. The average Bonchev–Trinajstić information content (AvgIpc) is 3.02. The number of urea groups is 1. The van der Waals surface area contributed by atoms with Gasteiger partial charge < -0.3 is 25.2 Å². The van der Waals surface area contributed by atoms with Gasteiger partial charge in [-0.05, 0) is 19.3 Å². The number of hydrogen-bond donors (Lipinski definition) is 3. The van der Waals surface area contributed by atoms with Crippen LogP contribution < -0.4 is 5.32 Å². The molecule has 7 heteroatoms. The molecule has 0 aromatic heterocycles. The number of amides is 2. The van der Waals surface area contributed by atoms with Gasteiger partial charge in [-0.3, -0.25) is 0 Å². The lowest BCUT2D eigenvalue weighted by Gasteiger charge is -2.26. The highest BCUT2D eigenvalue weighted by Gasteiger charge is 2.44. The topological polar surface area (TPSA) is 99.1 Å². The standard InChI is InChI=1S/C12H18N2O5/c15-6-3-9(11(16)17)14(5-6)12(18)13-8-4-7-1-2-10(8)19-7/h6-10,15H,1-5H2,(H,13,18)(H,16,17)/t6-,7?,8?,9-,10?/m0/s1. The number of β-amino-alcohol motifs (C(OH)–C–C–N with tert-alkyl or cyclic N) is 1. The summed E-state index contributed by atoms with van der Waals surface area (Å²) >= 11 is 0. The molecule has 3 unspecified atom stereocenters. The lowest BCUT2D eigenvalue weighted by atomic mass is 9.96. The molecule has 0 saturated carbocycles. The first-order valence-corrected chi connectivity index (χ1v) is 6.68. The van der Waals surface area contributed by atoms with Crippen molar-refractivity contribution >= 4 is 12.0 Å². The summed E-state index contributed by atoms with van der Waals surface area (Å²) in [6, 6.07) is -1.38. The van der Waals surface area contributed by atoms with Crippen LogP contribution in [0.15, 0.2) is 0 Å². The minimum atomic E-state index is -1.07. The maximum absolute atomic E-state index is 12.1. The largest absolute Gasteiger partial charge is 0.480 e. The van der Waals surface area contributed by atoms with E-state index >= 15 is 0 Å². The summed E-state index contributed by atoms with van der Waals surface area (Å²) in [5, 5.41) is 21.4. The number of rotatable bonds is 2. The molecule has 3 rings (SSSR count). The van der Waals surface area contributed by atoms with Gasteiger partial charge in [-0.15, -0.1) is 0 Å². The van der Waals surface area contributed by atoms with Crippen LogP contribution in [0.3, 0.4) is 0 Å². The first kappa shape index (κ1) is 12.7. The van der Waals surface area contributed by atoms with Crippen molar-refractivity contribution in [1.82, 2.24) is 10.2 Å². The fraction of sp³-hybridized carbons (Fsp3) is 0.833. The summed E-state index contributed by atoms with van der Waals surface area (Å²) in [7, 11) is 0. The summed E-state index contributed by atoms with van der Waals surface area (Å²) in [5.41, 5.74) is 0. The Kier molecular flexibility index (Phi) is 3.10. The van der Waals surface area contributed by atoms with E-state index in [4.69, 9.17) is 9.84 Å². The molecule has 3 aliphatic rings. The van der Waals surface area contributed by atoms with Crippen LogP contribution in [0.2, 0.25) is 0 Å². The number of carboxylic acids is 1. The van der Waals surface area contributed by atoms with Crippen molar-refractivity contribution in [1.29, 1.82) is 0 Å². The van der Waals surface area contributed by atoms with E-state index in [-0.39, 0.29) is 31.2 Å². The van der Waals surface area contributed by atoms with E-state index in [9.17, 15) is 14.7 Å². The lowest BCUT2D eigenvalue weighted by molar-refractivity contribution is -0.141. The molecule has 3 N–H and O–H groups in total. The number of carboxylic acid groups (broad SMARTS) is 1. The Labute approximate surface area is 110 Å². The van der Waals surface area contributed by atoms with Crippen molar-refractivity contribution in [2.24, 2.45) is 0 Å². The normalized spacial score (nSPS) is 40.7. The van der Waals surface area contributed by atoms with E-state index < -0.39 is 24.1 Å². The summed E-state index contributed by atoms with van der Waals surface area (Å²) in [5.74, 6) is -1.07. The second kappa shape index (κ2) is 4.64. The van der Waals surface area contributed by atoms with Crippen molar-refractivity contribution in [3.05, 3.63) is 0 Å². The molecule has 106 valence electrons. The van der Waals surface area contributed by atoms with Crippen LogP contribution in [0, 0.1) is 0 Å². The fourth-order valence-electron chi connectivity index (χ4n) is 3.30. The zero-order valence-corrected chi connectivity index (χ0v) is 10.5. The first-order valence-electron chi connectivity index (χ1n) is 6.68. The highest BCUT2D eigenvalue weighted by Crippen LogP contribution is 2.34. The van der Waals surface area contributed by atoms with E-state index in [1.165, 1.54) is 4.90 Å². The van der Waals surface area contributed by atoms with Crippen molar-refractivity contribution in [3.8, 4) is 0 Å². The SMILES string of the molecule is O=C(O)[C@@H]1C[C@H](O)CN1C(=O)NC1CC2CCC1O2. The van der Waals surface area contributed by atoms with Gasteiger partial charge in [0.25, 0.3) is 0 Å². The molecular formula is C12H18N2O5. The van der Waals surface area contributed by atoms with Crippen LogP contribution in [0.4, 0.5) is 4.79 Å². The van der Waals surface area contributed by atoms with Crippen LogP contribution in [-0.2, 0) is 9.53 Å². The predicted molar refractivity (Wildman–Crippen MR) is 63.6 cm³/mol. The third-order valence-electron chi connectivity index (χ3n) is 4.24. The number of nitrogens with zero attached hydrogens (tertiary/aromatic N) is 1. The molecule has 19 heavy (non-hydrogen) atoms. The Morgan fingerprint density at radius 3 is 2.63 bits per heavy atom. The molecule has 3 saturated heterocycles. The van der Waals surface area contributed by atoms with E-state index in [2.05, 4.69) is 5.32 Å². The van der Waals surface area contributed by atoms with Gasteiger partial charge in [0.15, 0.2) is 0 Å². The van der Waals surface area contributed by atoms with Crippen LogP contribution >= 0.6 is 0 Å². The molecule has 0 spiro atoms. The number of nitrogens with one attached hydrogen (secondary N) is 1. The molecule has 5 atom stereocenters. The molecule has 3 fully saturated rings. The number of likely N-dealkylation sites (tertiary alicyclic amines) is 1. The van der Waals surface area contributed by atoms with Gasteiger partial charge >= 0.3 is 12.0 Å². The summed E-state index contributed by atoms with van der Waals surface area (Å²) in [4.78, 5) is 24.4. The Balaban J connectivity index is 1.62. The maximum atomic E-state index is 12.1. The number of carbonyl (C=O) groups excluding carboxylic acids is 1. The Morgan fingerprint density at radius 2 is 2.05 bits per heavy atom. The zero-order chi connectivity index (χ0) is 13.6. The maximum Gasteiger partial charge on any atom is 0.326 e. The summed E-state index contributed by atoms with van der Waals surface area (Å²) in [6.45, 7) is 0.0739. The number of fused-ring (bicyclic) bond motifs is 2. The smallest absolute Gasteiger partial charge is 0.326 e. The molecule has 0 aromatic rings. The highest BCUT2D eigenvalue weighted by molar-refractivity contribution is 5.83. The van der Waals surface area contributed by atoms with Gasteiger partial charge in [0.05, 0.1) is 24.4 Å². The van der Waals surface area contributed by atoms with Crippen molar-refractivity contribution < 1.29 is 24.5 Å². The molecule has 0 aromatic carbocycles. The molecule has 0 aliphatic carbocycles. The fourth-order valence-corrected chi connectivity index (χ4v) is 3.30. The van der Waals surface area contributed by atoms with Crippen LogP contribution in [0.5, 0.6) is 0 Å². The molecular weight excluding hydrogens is 252 g/mol. The molecule has 2 amide bonds. The number of aliphatic hydroxyl groups is 1. The number of aliphatic hydroxyl groups excluding tert-OH is 1. The van der Waals surface area contributed by atoms with Crippen LogP contribution in [0.25, 0.3) is 0 Å². The van der Waals surface area contributed by atoms with Gasteiger partial charge in [-0.25, -0.2) is 9.59 Å². The van der Waals surface area contributed by atoms with Gasteiger partial charge in [0, 0.05) is 13.0 Å². The second-order valence-corrected chi connectivity index (χ2v) is 5.56. The van der Waals surface area contributed by atoms with E-state index in [1.54, 1.807) is 0 Å². The lowest BCUT2D eigenvalue weighted by Crippen LogP contribution is -2.51. The minimum Gasteiger partial charge on any atom is -0.480 e. The molecule has 3 aliphatic heterocycles. The minimum absolute atomic E-state index is 0.0292. The number of aliphatic carboxylic acids is 1. The van der Waals surface area contributed by atoms with E-state index in [0.29, 0.717) is 0 Å². The quantitative estimate of drug-likeness (QED) is 0.630. The molecule has 3 heterocycles. The van der Waals surface area contributed by atoms with Crippen molar-refractivity contribution in [2.75, 3.05) is 6.54 Å². The Morgan fingerprint density at radius 1 is 1.26 bits per heavy atom. The van der Waals surface area contributed by atoms with Crippen molar-refractivity contribution in [3.63, 3.8) is 0 Å². The number of ether oxygens (including phenoxy) is 1. The monoisotopic (exact) mass is 270 g/mol. The van der Waals surface area contributed by atoms with Gasteiger partial charge in [-0.2, -0.15) is 0 Å². The van der Waals surface area contributed by atoms with Crippen LogP contribution in [-0.4, -0.2) is 64.1 Å². The highest BCUT2D eigenvalue weighted by atomic mass is 16.5. The van der Waals surface area contributed by atoms with E-state index in [1.807, 2.05) is 0 Å². The molecule has 0 radical (unpaired) electrons. The summed E-state index contributed by atoms with van der Waals surface area (Å²) in [6.07, 6.45) is 2.40. The molecule has 2 bridgehead atoms. The van der Waals surface area contributed by atoms with E-state index in [0.717, 1.165) is 19.3 Å². The third-order valence-corrected chi connectivity index (χ3v) is 4.24. The second-order valence-electron chi connectivity index (χ2n) is 5.56. The van der Waals surface area contributed by atoms with Crippen LogP contribution in [0.1, 0.15) is 25.7 Å². The Hall–Kier alpha value is -1.34. The first-order chi connectivity index (χ1) is 9.04. The molecule has 7 nitrogen and oxygen atoms in total. The van der Waals surface area contributed by atoms with Gasteiger partial charge in [-0.1, -0.05) is 0 Å². The summed E-state index contributed by atoms with van der Waals surface area (Å²) < 4.78 is 5.64. The predicted octanol–water partition coefficient (Wildman–Crippen LogP) is -0.464. The van der Waals surface area contributed by atoms with Crippen molar-refractivity contribution in [2.45, 2.75) is 56.1 Å². The number of carbonyl (C=O) groups is 2.